The van der Waals surface area contributed by atoms with Crippen LogP contribution in [0.3, 0.4) is 0 Å². The smallest absolute Gasteiger partial charge is 0.0424 e. The van der Waals surface area contributed by atoms with Crippen LogP contribution in [-0.4, -0.2) is 0 Å². The minimum Gasteiger partial charge on any atom is -0.306 e. The molecule has 0 amide bonds. The fourth-order valence-electron chi connectivity index (χ4n) is 2.27. The van der Waals surface area contributed by atoms with Gasteiger partial charge < -0.3 is 5.32 Å². The largest absolute Gasteiger partial charge is 0.306 e. The number of hydrogen-bond acceptors (Lipinski definition) is 1. The quantitative estimate of drug-likeness (QED) is 0.715. The van der Waals surface area contributed by atoms with Crippen molar-refractivity contribution in [3.63, 3.8) is 0 Å². The SMILES string of the molecule is CC(C)c1ccc(C(C)NCc2cc(Cl)cc(Cl)c2)cc1. The summed E-state index contributed by atoms with van der Waals surface area (Å²) in [6.45, 7) is 7.32. The van der Waals surface area contributed by atoms with Gasteiger partial charge in [0.15, 0.2) is 0 Å². The molecule has 2 rings (SSSR count). The number of benzene rings is 2. The summed E-state index contributed by atoms with van der Waals surface area (Å²) in [5.74, 6) is 0.566. The Kier molecular flexibility index (Phi) is 5.69. The van der Waals surface area contributed by atoms with Crippen molar-refractivity contribution in [2.24, 2.45) is 0 Å². The van der Waals surface area contributed by atoms with Crippen LogP contribution >= 0.6 is 23.2 Å². The molecule has 3 heteroatoms. The first kappa shape index (κ1) is 16.4. The first-order valence-electron chi connectivity index (χ1n) is 7.24. The molecule has 0 saturated heterocycles. The summed E-state index contributed by atoms with van der Waals surface area (Å²) in [6.07, 6.45) is 0. The minimum atomic E-state index is 0.281. The summed E-state index contributed by atoms with van der Waals surface area (Å²) in [5.41, 5.74) is 3.75. The van der Waals surface area contributed by atoms with Gasteiger partial charge >= 0.3 is 0 Å². The van der Waals surface area contributed by atoms with E-state index >= 15 is 0 Å². The van der Waals surface area contributed by atoms with E-state index in [1.807, 2.05) is 12.1 Å². The van der Waals surface area contributed by atoms with E-state index in [9.17, 15) is 0 Å². The average Bonchev–Trinajstić information content (AvgIpc) is 2.44. The maximum Gasteiger partial charge on any atom is 0.0424 e. The lowest BCUT2D eigenvalue weighted by atomic mass is 9.99. The molecule has 21 heavy (non-hydrogen) atoms. The molecule has 0 heterocycles. The summed E-state index contributed by atoms with van der Waals surface area (Å²) in [5, 5.41) is 4.85. The van der Waals surface area contributed by atoms with Crippen molar-refractivity contribution in [1.82, 2.24) is 5.32 Å². The first-order chi connectivity index (χ1) is 9.95. The Bertz CT molecular complexity index is 570. The molecule has 0 radical (unpaired) electrons. The van der Waals surface area contributed by atoms with Crippen LogP contribution < -0.4 is 5.32 Å². The highest BCUT2D eigenvalue weighted by Crippen LogP contribution is 2.21. The van der Waals surface area contributed by atoms with Gasteiger partial charge in [0.25, 0.3) is 0 Å². The lowest BCUT2D eigenvalue weighted by Crippen LogP contribution is -2.18. The Morgan fingerprint density at radius 3 is 1.90 bits per heavy atom. The number of rotatable bonds is 5. The predicted molar refractivity (Wildman–Crippen MR) is 92.2 cm³/mol. The van der Waals surface area contributed by atoms with Gasteiger partial charge in [0.2, 0.25) is 0 Å². The van der Waals surface area contributed by atoms with Crippen molar-refractivity contribution in [1.29, 1.82) is 0 Å². The lowest BCUT2D eigenvalue weighted by molar-refractivity contribution is 0.574. The average molecular weight is 322 g/mol. The zero-order valence-electron chi connectivity index (χ0n) is 12.7. The Morgan fingerprint density at radius 2 is 1.38 bits per heavy atom. The zero-order chi connectivity index (χ0) is 15.4. The van der Waals surface area contributed by atoms with Gasteiger partial charge in [-0.1, -0.05) is 61.3 Å². The predicted octanol–water partition coefficient (Wildman–Crippen LogP) is 5.97. The highest BCUT2D eigenvalue weighted by atomic mass is 35.5. The molecule has 2 aromatic carbocycles. The topological polar surface area (TPSA) is 12.0 Å². The fraction of sp³-hybridized carbons (Fsp3) is 0.333. The molecule has 0 aliphatic rings. The van der Waals surface area contributed by atoms with Crippen molar-refractivity contribution in [3.8, 4) is 0 Å². The van der Waals surface area contributed by atoms with Gasteiger partial charge in [0.05, 0.1) is 0 Å². The second kappa shape index (κ2) is 7.31. The molecule has 0 saturated carbocycles. The van der Waals surface area contributed by atoms with E-state index in [0.29, 0.717) is 16.0 Å². The molecule has 0 bridgehead atoms. The van der Waals surface area contributed by atoms with Crippen LogP contribution in [-0.2, 0) is 6.54 Å². The van der Waals surface area contributed by atoms with Crippen molar-refractivity contribution < 1.29 is 0 Å². The van der Waals surface area contributed by atoms with Crippen LogP contribution in [0.4, 0.5) is 0 Å². The lowest BCUT2D eigenvalue weighted by Gasteiger charge is -2.16. The summed E-state index contributed by atoms with van der Waals surface area (Å²) in [6, 6.07) is 14.7. The van der Waals surface area contributed by atoms with Crippen molar-refractivity contribution in [3.05, 3.63) is 69.2 Å². The Hall–Kier alpha value is -1.02. The van der Waals surface area contributed by atoms with Gasteiger partial charge in [-0.15, -0.1) is 0 Å². The molecule has 1 atom stereocenters. The molecular weight excluding hydrogens is 301 g/mol. The van der Waals surface area contributed by atoms with Crippen LogP contribution in [0.25, 0.3) is 0 Å². The third-order valence-electron chi connectivity index (χ3n) is 3.64. The summed E-state index contributed by atoms with van der Waals surface area (Å²) < 4.78 is 0. The van der Waals surface area contributed by atoms with Crippen LogP contribution in [0.2, 0.25) is 10.0 Å². The second-order valence-corrected chi connectivity index (χ2v) is 6.57. The van der Waals surface area contributed by atoms with Crippen LogP contribution in [0.1, 0.15) is 49.4 Å². The zero-order valence-corrected chi connectivity index (χ0v) is 14.2. The second-order valence-electron chi connectivity index (χ2n) is 5.70. The Labute approximate surface area is 137 Å². The summed E-state index contributed by atoms with van der Waals surface area (Å²) >= 11 is 12.0. The molecule has 0 fully saturated rings. The normalized spacial score (nSPS) is 12.7. The van der Waals surface area contributed by atoms with E-state index in [-0.39, 0.29) is 6.04 Å². The Balaban J connectivity index is 1.99. The molecule has 0 aliphatic heterocycles. The van der Waals surface area contributed by atoms with Gasteiger partial charge in [-0.05, 0) is 47.7 Å². The molecule has 1 unspecified atom stereocenters. The van der Waals surface area contributed by atoms with Gasteiger partial charge in [0.1, 0.15) is 0 Å². The van der Waals surface area contributed by atoms with Crippen LogP contribution in [0, 0.1) is 0 Å². The molecule has 0 aliphatic carbocycles. The molecule has 112 valence electrons. The highest BCUT2D eigenvalue weighted by Gasteiger charge is 2.07. The fourth-order valence-corrected chi connectivity index (χ4v) is 2.84. The van der Waals surface area contributed by atoms with Crippen molar-refractivity contribution >= 4 is 23.2 Å². The van der Waals surface area contributed by atoms with E-state index in [2.05, 4.69) is 50.4 Å². The van der Waals surface area contributed by atoms with Crippen LogP contribution in [0.15, 0.2) is 42.5 Å². The van der Waals surface area contributed by atoms with E-state index in [0.717, 1.165) is 12.1 Å². The number of halogens is 2. The van der Waals surface area contributed by atoms with Gasteiger partial charge in [-0.2, -0.15) is 0 Å². The van der Waals surface area contributed by atoms with Gasteiger partial charge in [0, 0.05) is 22.6 Å². The van der Waals surface area contributed by atoms with Gasteiger partial charge in [-0.3, -0.25) is 0 Å². The summed E-state index contributed by atoms with van der Waals surface area (Å²) in [4.78, 5) is 0. The van der Waals surface area contributed by atoms with E-state index < -0.39 is 0 Å². The van der Waals surface area contributed by atoms with E-state index in [4.69, 9.17) is 23.2 Å². The molecule has 1 nitrogen and oxygen atoms in total. The molecule has 2 aromatic rings. The van der Waals surface area contributed by atoms with Crippen LogP contribution in [0.5, 0.6) is 0 Å². The minimum absolute atomic E-state index is 0.281. The van der Waals surface area contributed by atoms with E-state index in [1.165, 1.54) is 11.1 Å². The molecule has 0 spiro atoms. The summed E-state index contributed by atoms with van der Waals surface area (Å²) in [7, 11) is 0. The van der Waals surface area contributed by atoms with Crippen molar-refractivity contribution in [2.75, 3.05) is 0 Å². The maximum absolute atomic E-state index is 6.02. The van der Waals surface area contributed by atoms with Crippen molar-refractivity contribution in [2.45, 2.75) is 39.3 Å². The standard InChI is InChI=1S/C18H21Cl2N/c1-12(2)15-4-6-16(7-5-15)13(3)21-11-14-8-17(19)10-18(20)9-14/h4-10,12-13,21H,11H2,1-3H3. The first-order valence-corrected chi connectivity index (χ1v) is 7.99. The monoisotopic (exact) mass is 321 g/mol. The number of nitrogens with one attached hydrogen (secondary N) is 1. The maximum atomic E-state index is 6.02. The highest BCUT2D eigenvalue weighted by molar-refractivity contribution is 6.34. The van der Waals surface area contributed by atoms with Gasteiger partial charge in [-0.25, -0.2) is 0 Å². The molecular formula is C18H21Cl2N. The third-order valence-corrected chi connectivity index (χ3v) is 4.07. The number of hydrogen-bond donors (Lipinski definition) is 1. The molecule has 0 aromatic heterocycles. The Morgan fingerprint density at radius 1 is 0.857 bits per heavy atom. The third kappa shape index (κ3) is 4.74. The molecule has 1 N–H and O–H groups in total. The van der Waals surface area contributed by atoms with E-state index in [1.54, 1.807) is 6.07 Å².